The largest absolute Gasteiger partial charge is 0.448 e. The highest BCUT2D eigenvalue weighted by molar-refractivity contribution is 5.99. The Morgan fingerprint density at radius 3 is 2.58 bits per heavy atom. The molecule has 36 heavy (non-hydrogen) atoms. The summed E-state index contributed by atoms with van der Waals surface area (Å²) in [6.07, 6.45) is 9.33. The number of aromatic nitrogens is 7. The zero-order valence-electron chi connectivity index (χ0n) is 19.4. The zero-order chi connectivity index (χ0) is 25.2. The zero-order valence-corrected chi connectivity index (χ0v) is 19.4. The normalized spacial score (nSPS) is 10.8. The van der Waals surface area contributed by atoms with Gasteiger partial charge in [-0.1, -0.05) is 12.6 Å². The molecule has 0 unspecified atom stereocenters. The lowest BCUT2D eigenvalue weighted by Crippen LogP contribution is -2.21. The fourth-order valence-corrected chi connectivity index (χ4v) is 3.55. The molecule has 0 fully saturated rings. The Morgan fingerprint density at radius 2 is 1.86 bits per heavy atom. The summed E-state index contributed by atoms with van der Waals surface area (Å²) in [5.74, 6) is 0.375. The molecule has 180 valence electrons. The van der Waals surface area contributed by atoms with Crippen LogP contribution in [0.2, 0.25) is 0 Å². The number of benzene rings is 1. The molecule has 4 heterocycles. The van der Waals surface area contributed by atoms with E-state index in [2.05, 4.69) is 37.4 Å². The first-order valence-electron chi connectivity index (χ1n) is 10.8. The first-order chi connectivity index (χ1) is 17.4. The molecule has 0 bridgehead atoms. The summed E-state index contributed by atoms with van der Waals surface area (Å²) in [6.45, 7) is 3.47. The van der Waals surface area contributed by atoms with E-state index in [1.807, 2.05) is 0 Å². The topological polar surface area (TPSA) is 134 Å². The van der Waals surface area contributed by atoms with Crippen LogP contribution >= 0.6 is 0 Å². The van der Waals surface area contributed by atoms with E-state index in [1.165, 1.54) is 16.8 Å². The minimum atomic E-state index is -0.454. The van der Waals surface area contributed by atoms with Crippen molar-refractivity contribution in [2.24, 2.45) is 14.1 Å². The van der Waals surface area contributed by atoms with E-state index in [-0.39, 0.29) is 17.6 Å². The molecule has 1 amide bonds. The van der Waals surface area contributed by atoms with Gasteiger partial charge in [-0.2, -0.15) is 15.2 Å². The monoisotopic (exact) mass is 483 g/mol. The fraction of sp³-hybridized carbons (Fsp3) is 0.0833. The molecule has 0 saturated heterocycles. The second-order valence-corrected chi connectivity index (χ2v) is 7.84. The summed E-state index contributed by atoms with van der Waals surface area (Å²) >= 11 is 0. The molecular weight excluding hydrogens is 462 g/mol. The van der Waals surface area contributed by atoms with Crippen molar-refractivity contribution < 1.29 is 9.53 Å². The van der Waals surface area contributed by atoms with Gasteiger partial charge in [0.15, 0.2) is 17.1 Å². The summed E-state index contributed by atoms with van der Waals surface area (Å²) in [6, 6.07) is 8.40. The predicted molar refractivity (Wildman–Crippen MR) is 134 cm³/mol. The number of hydrogen-bond acceptors (Lipinski definition) is 8. The summed E-state index contributed by atoms with van der Waals surface area (Å²) in [5.41, 5.74) is 1.53. The third-order valence-corrected chi connectivity index (χ3v) is 5.14. The predicted octanol–water partition coefficient (Wildman–Crippen LogP) is 2.91. The Labute approximate surface area is 204 Å². The van der Waals surface area contributed by atoms with Gasteiger partial charge in [0.05, 0.1) is 30.0 Å². The Bertz CT molecular complexity index is 1670. The number of fused-ring (bicyclic) bond motifs is 1. The van der Waals surface area contributed by atoms with E-state index in [1.54, 1.807) is 78.6 Å². The van der Waals surface area contributed by atoms with E-state index in [4.69, 9.17) is 4.74 Å². The molecule has 0 atom stereocenters. The number of pyridine rings is 1. The van der Waals surface area contributed by atoms with E-state index < -0.39 is 5.56 Å². The van der Waals surface area contributed by atoms with Gasteiger partial charge in [-0.05, 0) is 30.3 Å². The van der Waals surface area contributed by atoms with Gasteiger partial charge in [0.1, 0.15) is 0 Å². The van der Waals surface area contributed by atoms with E-state index >= 15 is 0 Å². The Morgan fingerprint density at radius 1 is 1.06 bits per heavy atom. The Kier molecular flexibility index (Phi) is 5.74. The van der Waals surface area contributed by atoms with Gasteiger partial charge in [-0.15, -0.1) is 0 Å². The van der Waals surface area contributed by atoms with Crippen molar-refractivity contribution in [3.8, 4) is 17.2 Å². The molecule has 5 aromatic rings. The van der Waals surface area contributed by atoms with Gasteiger partial charge in [-0.25, -0.2) is 4.98 Å². The maximum Gasteiger partial charge on any atom is 0.299 e. The smallest absolute Gasteiger partial charge is 0.299 e. The molecule has 2 N–H and O–H groups in total. The van der Waals surface area contributed by atoms with Crippen molar-refractivity contribution in [2.45, 2.75) is 0 Å². The first-order valence-corrected chi connectivity index (χ1v) is 10.8. The van der Waals surface area contributed by atoms with E-state index in [0.717, 1.165) is 0 Å². The highest BCUT2D eigenvalue weighted by Gasteiger charge is 2.17. The van der Waals surface area contributed by atoms with Crippen molar-refractivity contribution in [1.29, 1.82) is 0 Å². The average Bonchev–Trinajstić information content (AvgIpc) is 3.47. The minimum Gasteiger partial charge on any atom is -0.448 e. The first kappa shape index (κ1) is 22.5. The van der Waals surface area contributed by atoms with Crippen LogP contribution in [0, 0.1) is 0 Å². The van der Waals surface area contributed by atoms with Gasteiger partial charge in [0.25, 0.3) is 5.56 Å². The number of hydrogen-bond donors (Lipinski definition) is 2. The third kappa shape index (κ3) is 4.55. The van der Waals surface area contributed by atoms with Gasteiger partial charge in [-0.3, -0.25) is 23.5 Å². The average molecular weight is 483 g/mol. The highest BCUT2D eigenvalue weighted by atomic mass is 16.5. The number of amides is 1. The molecule has 0 aliphatic heterocycles. The number of nitrogens with zero attached hydrogens (tertiary/aromatic N) is 7. The van der Waals surface area contributed by atoms with Gasteiger partial charge < -0.3 is 15.4 Å². The lowest BCUT2D eigenvalue weighted by Gasteiger charge is -2.14. The number of carbonyl (C=O) groups excluding carboxylic acids is 1. The van der Waals surface area contributed by atoms with Gasteiger partial charge in [0.2, 0.25) is 11.9 Å². The van der Waals surface area contributed by atoms with E-state index in [0.29, 0.717) is 33.8 Å². The van der Waals surface area contributed by atoms with Crippen LogP contribution in [0.15, 0.2) is 78.8 Å². The van der Waals surface area contributed by atoms with Crippen LogP contribution in [-0.2, 0) is 18.9 Å². The summed E-state index contributed by atoms with van der Waals surface area (Å²) in [5, 5.41) is 14.6. The summed E-state index contributed by atoms with van der Waals surface area (Å²) in [7, 11) is 3.55. The van der Waals surface area contributed by atoms with Crippen molar-refractivity contribution in [2.75, 3.05) is 10.6 Å². The van der Waals surface area contributed by atoms with Crippen LogP contribution in [0.25, 0.3) is 16.7 Å². The minimum absolute atomic E-state index is 0.0626. The molecule has 0 spiro atoms. The lowest BCUT2D eigenvalue weighted by atomic mass is 10.2. The maximum absolute atomic E-state index is 13.7. The highest BCUT2D eigenvalue weighted by Crippen LogP contribution is 2.25. The number of ether oxygens (including phenoxy) is 1. The lowest BCUT2D eigenvalue weighted by molar-refractivity contribution is -0.111. The van der Waals surface area contributed by atoms with Crippen molar-refractivity contribution >= 4 is 34.3 Å². The molecule has 0 aliphatic carbocycles. The number of anilines is 3. The fourth-order valence-electron chi connectivity index (χ4n) is 3.55. The van der Waals surface area contributed by atoms with Crippen LogP contribution in [0.1, 0.15) is 0 Å². The molecule has 12 nitrogen and oxygen atoms in total. The second-order valence-electron chi connectivity index (χ2n) is 7.84. The number of carbonyl (C=O) groups is 1. The number of aryl methyl sites for hydroxylation is 2. The molecule has 5 rings (SSSR count). The molecule has 4 aromatic heterocycles. The van der Waals surface area contributed by atoms with Crippen LogP contribution in [0.4, 0.5) is 17.3 Å². The maximum atomic E-state index is 13.7. The SMILES string of the molecule is C=CC(=O)Nc1cccc(-n2c(=O)c(Oc3cnn(C)c3)cc3cnc(Nc4cnn(C)c4)nc32)c1. The van der Waals surface area contributed by atoms with E-state index in [9.17, 15) is 9.59 Å². The molecular formula is C24H21N9O3. The Hall–Kier alpha value is -5.26. The third-order valence-electron chi connectivity index (χ3n) is 5.14. The van der Waals surface area contributed by atoms with Gasteiger partial charge >= 0.3 is 0 Å². The summed E-state index contributed by atoms with van der Waals surface area (Å²) in [4.78, 5) is 34.5. The second kappa shape index (κ2) is 9.18. The molecule has 12 heteroatoms. The molecule has 1 aromatic carbocycles. The van der Waals surface area contributed by atoms with Crippen LogP contribution in [0.3, 0.4) is 0 Å². The van der Waals surface area contributed by atoms with Crippen molar-refractivity contribution in [3.05, 3.63) is 84.3 Å². The quantitative estimate of drug-likeness (QED) is 0.338. The van der Waals surface area contributed by atoms with Crippen molar-refractivity contribution in [3.63, 3.8) is 0 Å². The number of nitrogens with one attached hydrogen (secondary N) is 2. The standard InChI is InChI=1S/C24H21N9O3/c1-4-21(34)28-16-6-5-7-18(9-16)33-22-15(8-20(23(33)35)36-19-12-27-32(3)14-19)10-25-24(30-22)29-17-11-26-31(2)13-17/h4-14H,1H2,2-3H3,(H,28,34)(H,25,29,30). The van der Waals surface area contributed by atoms with Crippen molar-refractivity contribution in [1.82, 2.24) is 34.1 Å². The molecule has 0 saturated carbocycles. The molecule has 0 radical (unpaired) electrons. The van der Waals surface area contributed by atoms with Gasteiger partial charge in [0, 0.05) is 37.6 Å². The summed E-state index contributed by atoms with van der Waals surface area (Å²) < 4.78 is 10.5. The number of rotatable bonds is 7. The van der Waals surface area contributed by atoms with Crippen LogP contribution in [-0.4, -0.2) is 40.0 Å². The Balaban J connectivity index is 1.66. The molecule has 0 aliphatic rings. The van der Waals surface area contributed by atoms with Crippen LogP contribution in [0.5, 0.6) is 11.5 Å². The van der Waals surface area contributed by atoms with Crippen LogP contribution < -0.4 is 20.9 Å².